The summed E-state index contributed by atoms with van der Waals surface area (Å²) < 4.78 is 35.8. The highest BCUT2D eigenvalue weighted by atomic mass is 32.2. The molecule has 0 aliphatic rings. The second kappa shape index (κ2) is 9.10. The van der Waals surface area contributed by atoms with Crippen LogP contribution >= 0.6 is 0 Å². The predicted octanol–water partition coefficient (Wildman–Crippen LogP) is 4.95. The third kappa shape index (κ3) is 4.25. The van der Waals surface area contributed by atoms with Gasteiger partial charge in [-0.15, -0.1) is 0 Å². The third-order valence-electron chi connectivity index (χ3n) is 6.06. The molecule has 6 nitrogen and oxygen atoms in total. The maximum absolute atomic E-state index is 13.5. The number of furan rings is 1. The number of nitrogens with zero attached hydrogens (tertiary/aromatic N) is 2. The van der Waals surface area contributed by atoms with Crippen molar-refractivity contribution in [2.75, 3.05) is 6.54 Å². The zero-order valence-electron chi connectivity index (χ0n) is 18.8. The lowest BCUT2D eigenvalue weighted by Crippen LogP contribution is -2.38. The van der Waals surface area contributed by atoms with Gasteiger partial charge in [0.15, 0.2) is 0 Å². The van der Waals surface area contributed by atoms with Gasteiger partial charge in [-0.3, -0.25) is 0 Å². The minimum Gasteiger partial charge on any atom is -0.468 e. The first-order valence-corrected chi connectivity index (χ1v) is 12.6. The van der Waals surface area contributed by atoms with Gasteiger partial charge in [0.1, 0.15) is 5.76 Å². The van der Waals surface area contributed by atoms with Gasteiger partial charge in [0.25, 0.3) is 0 Å². The number of aliphatic hydroxyl groups excluding tert-OH is 1. The van der Waals surface area contributed by atoms with Crippen LogP contribution in [0.5, 0.6) is 0 Å². The van der Waals surface area contributed by atoms with Crippen molar-refractivity contribution in [3.8, 4) is 0 Å². The molecule has 34 heavy (non-hydrogen) atoms. The van der Waals surface area contributed by atoms with Crippen LogP contribution in [0, 0.1) is 6.92 Å². The van der Waals surface area contributed by atoms with Crippen molar-refractivity contribution in [2.45, 2.75) is 31.0 Å². The summed E-state index contributed by atoms with van der Waals surface area (Å²) in [6, 6.07) is 26.3. The Bertz CT molecular complexity index is 1470. The van der Waals surface area contributed by atoms with E-state index in [1.807, 2.05) is 43.3 Å². The number of aromatic nitrogens is 1. The van der Waals surface area contributed by atoms with E-state index in [2.05, 4.69) is 16.7 Å². The monoisotopic (exact) mass is 474 g/mol. The summed E-state index contributed by atoms with van der Waals surface area (Å²) in [4.78, 5) is 0.189. The number of benzene rings is 3. The number of sulfonamides is 1. The lowest BCUT2D eigenvalue weighted by atomic mass is 10.2. The van der Waals surface area contributed by atoms with Crippen molar-refractivity contribution in [3.05, 3.63) is 103 Å². The van der Waals surface area contributed by atoms with Crippen LogP contribution in [0.1, 0.15) is 11.3 Å². The van der Waals surface area contributed by atoms with Crippen LogP contribution in [0.15, 0.2) is 101 Å². The van der Waals surface area contributed by atoms with Crippen molar-refractivity contribution in [1.29, 1.82) is 0 Å². The Kier molecular flexibility index (Phi) is 6.00. The van der Waals surface area contributed by atoms with Gasteiger partial charge in [0.05, 0.1) is 30.4 Å². The second-order valence-corrected chi connectivity index (χ2v) is 10.4. The number of para-hydroxylation sites is 2. The molecule has 5 rings (SSSR count). The Morgan fingerprint density at radius 3 is 2.09 bits per heavy atom. The largest absolute Gasteiger partial charge is 0.468 e. The number of hydrogen-bond acceptors (Lipinski definition) is 4. The van der Waals surface area contributed by atoms with Crippen LogP contribution < -0.4 is 0 Å². The molecule has 0 saturated carbocycles. The molecule has 0 aliphatic carbocycles. The molecule has 7 heteroatoms. The molecule has 1 N–H and O–H groups in total. The summed E-state index contributed by atoms with van der Waals surface area (Å²) >= 11 is 0. The highest BCUT2D eigenvalue weighted by Crippen LogP contribution is 2.29. The lowest BCUT2D eigenvalue weighted by Gasteiger charge is -2.25. The number of aryl methyl sites for hydroxylation is 1. The van der Waals surface area contributed by atoms with Gasteiger partial charge in [-0.2, -0.15) is 4.31 Å². The predicted molar refractivity (Wildman–Crippen MR) is 133 cm³/mol. The summed E-state index contributed by atoms with van der Waals surface area (Å²) in [7, 11) is -3.85. The average Bonchev–Trinajstić information content (AvgIpc) is 3.46. The molecule has 0 aliphatic heterocycles. The van der Waals surface area contributed by atoms with Gasteiger partial charge < -0.3 is 14.1 Å². The molecule has 0 spiro atoms. The van der Waals surface area contributed by atoms with E-state index in [0.717, 1.165) is 27.4 Å². The first-order valence-electron chi connectivity index (χ1n) is 11.2. The maximum Gasteiger partial charge on any atom is 0.243 e. The Labute approximate surface area is 198 Å². The first-order chi connectivity index (χ1) is 16.4. The fourth-order valence-corrected chi connectivity index (χ4v) is 5.83. The van der Waals surface area contributed by atoms with Crippen molar-refractivity contribution in [2.24, 2.45) is 0 Å². The van der Waals surface area contributed by atoms with Crippen LogP contribution in [-0.2, 0) is 23.1 Å². The van der Waals surface area contributed by atoms with Crippen LogP contribution in [0.3, 0.4) is 0 Å². The van der Waals surface area contributed by atoms with Crippen LogP contribution in [0.25, 0.3) is 21.8 Å². The van der Waals surface area contributed by atoms with E-state index in [1.54, 1.807) is 36.4 Å². The maximum atomic E-state index is 13.5. The van der Waals surface area contributed by atoms with Gasteiger partial charge in [0, 0.05) is 28.4 Å². The minimum atomic E-state index is -3.85. The number of fused-ring (bicyclic) bond motifs is 3. The molecule has 2 aromatic heterocycles. The molecule has 0 fully saturated rings. The average molecular weight is 475 g/mol. The lowest BCUT2D eigenvalue weighted by molar-refractivity contribution is 0.126. The molecule has 0 radical (unpaired) electrons. The quantitative estimate of drug-likeness (QED) is 0.345. The van der Waals surface area contributed by atoms with Crippen molar-refractivity contribution in [1.82, 2.24) is 8.87 Å². The first kappa shape index (κ1) is 22.4. The second-order valence-electron chi connectivity index (χ2n) is 8.49. The summed E-state index contributed by atoms with van der Waals surface area (Å²) in [6.07, 6.45) is 0.579. The summed E-state index contributed by atoms with van der Waals surface area (Å²) in [5.41, 5.74) is 2.98. The Morgan fingerprint density at radius 2 is 1.50 bits per heavy atom. The number of rotatable bonds is 8. The summed E-state index contributed by atoms with van der Waals surface area (Å²) in [5.74, 6) is 0.514. The van der Waals surface area contributed by atoms with E-state index >= 15 is 0 Å². The van der Waals surface area contributed by atoms with Crippen LogP contribution in [-0.4, -0.2) is 35.0 Å². The number of hydrogen-bond donors (Lipinski definition) is 1. The highest BCUT2D eigenvalue weighted by molar-refractivity contribution is 7.89. The van der Waals surface area contributed by atoms with E-state index in [1.165, 1.54) is 10.6 Å². The van der Waals surface area contributed by atoms with Crippen molar-refractivity contribution in [3.63, 3.8) is 0 Å². The Morgan fingerprint density at radius 1 is 0.882 bits per heavy atom. The van der Waals surface area contributed by atoms with Crippen LogP contribution in [0.2, 0.25) is 0 Å². The minimum absolute atomic E-state index is 0.0352. The van der Waals surface area contributed by atoms with Crippen molar-refractivity contribution < 1.29 is 17.9 Å². The molecule has 2 heterocycles. The molecular formula is C27H26N2O4S. The van der Waals surface area contributed by atoms with Gasteiger partial charge in [-0.05, 0) is 43.3 Å². The molecule has 0 amide bonds. The molecule has 5 aromatic rings. The molecule has 0 saturated heterocycles. The standard InChI is InChI=1S/C27H26N2O4S/c1-20-12-14-23(15-13-20)34(31,32)28(19-22-7-6-16-33-22)17-21(30)18-29-26-10-4-2-8-24(26)25-9-3-5-11-27(25)29/h2-16,21,30H,17-19H2,1H3/t21-/m1/s1. The van der Waals surface area contributed by atoms with E-state index in [0.29, 0.717) is 5.76 Å². The molecule has 0 unspecified atom stereocenters. The van der Waals surface area contributed by atoms with E-state index in [-0.39, 0.29) is 24.5 Å². The fourth-order valence-electron chi connectivity index (χ4n) is 4.39. The van der Waals surface area contributed by atoms with E-state index < -0.39 is 16.1 Å². The van der Waals surface area contributed by atoms with Gasteiger partial charge in [-0.1, -0.05) is 54.1 Å². The number of aliphatic hydroxyl groups is 1. The summed E-state index contributed by atoms with van der Waals surface area (Å²) in [6.45, 7) is 2.13. The summed E-state index contributed by atoms with van der Waals surface area (Å²) in [5, 5.41) is 13.3. The highest BCUT2D eigenvalue weighted by Gasteiger charge is 2.28. The molecular weight excluding hydrogens is 448 g/mol. The molecule has 3 aromatic carbocycles. The van der Waals surface area contributed by atoms with E-state index in [9.17, 15) is 13.5 Å². The smallest absolute Gasteiger partial charge is 0.243 e. The fraction of sp³-hybridized carbons (Fsp3) is 0.185. The molecule has 0 bridgehead atoms. The molecule has 174 valence electrons. The zero-order chi connectivity index (χ0) is 23.7. The Hall–Kier alpha value is -3.39. The zero-order valence-corrected chi connectivity index (χ0v) is 19.7. The molecule has 1 atom stereocenters. The van der Waals surface area contributed by atoms with Gasteiger partial charge >= 0.3 is 0 Å². The normalized spacial score (nSPS) is 13.1. The topological polar surface area (TPSA) is 75.7 Å². The van der Waals surface area contributed by atoms with Crippen molar-refractivity contribution >= 4 is 31.8 Å². The Balaban J connectivity index is 1.47. The van der Waals surface area contributed by atoms with Crippen LogP contribution in [0.4, 0.5) is 0 Å². The van der Waals surface area contributed by atoms with Gasteiger partial charge in [-0.25, -0.2) is 8.42 Å². The van der Waals surface area contributed by atoms with E-state index in [4.69, 9.17) is 4.42 Å². The third-order valence-corrected chi connectivity index (χ3v) is 7.88. The van der Waals surface area contributed by atoms with Gasteiger partial charge in [0.2, 0.25) is 10.0 Å². The SMILES string of the molecule is Cc1ccc(S(=O)(=O)N(Cc2ccco2)C[C@@H](O)Cn2c3ccccc3c3ccccc32)cc1.